The van der Waals surface area contributed by atoms with Gasteiger partial charge in [0.05, 0.1) is 17.8 Å². The van der Waals surface area contributed by atoms with Crippen molar-refractivity contribution in [3.8, 4) is 5.75 Å². The average Bonchev–Trinajstić information content (AvgIpc) is 3.31. The van der Waals surface area contributed by atoms with E-state index in [-0.39, 0.29) is 17.4 Å². The van der Waals surface area contributed by atoms with Crippen LogP contribution in [0.1, 0.15) is 49.1 Å². The first-order valence-corrected chi connectivity index (χ1v) is 12.3. The summed E-state index contributed by atoms with van der Waals surface area (Å²) in [6.07, 6.45) is 3.48. The Labute approximate surface area is 203 Å². The lowest BCUT2D eigenvalue weighted by atomic mass is 9.80. The van der Waals surface area contributed by atoms with Gasteiger partial charge in [0.25, 0.3) is 5.91 Å². The van der Waals surface area contributed by atoms with Gasteiger partial charge in [-0.05, 0) is 43.5 Å². The van der Waals surface area contributed by atoms with Crippen LogP contribution in [0.15, 0.2) is 59.0 Å². The largest absolute Gasteiger partial charge is 0.506 e. The third kappa shape index (κ3) is 4.71. The fraction of sp³-hybridized carbons (Fsp3) is 0.407. The van der Waals surface area contributed by atoms with E-state index in [1.165, 1.54) is 0 Å². The van der Waals surface area contributed by atoms with Crippen LogP contribution in [0.3, 0.4) is 0 Å². The smallest absolute Gasteiger partial charge is 0.287 e. The number of benzene rings is 2. The molecule has 0 spiro atoms. The number of fused-ring (bicyclic) bond motifs is 1. The van der Waals surface area contributed by atoms with Gasteiger partial charge in [-0.15, -0.1) is 0 Å². The molecule has 5 rings (SSSR count). The Hall–Kier alpha value is -3.52. The number of hydrogen-bond donors (Lipinski definition) is 4. The highest BCUT2D eigenvalue weighted by atomic mass is 16.3. The maximum atomic E-state index is 13.6. The fourth-order valence-electron chi connectivity index (χ4n) is 5.29. The molecule has 8 heteroatoms. The van der Waals surface area contributed by atoms with Gasteiger partial charge < -0.3 is 30.2 Å². The highest BCUT2D eigenvalue weighted by molar-refractivity contribution is 6.00. The zero-order valence-corrected chi connectivity index (χ0v) is 19.6. The molecule has 2 atom stereocenters. The van der Waals surface area contributed by atoms with Crippen LogP contribution < -0.4 is 15.5 Å². The lowest BCUT2D eigenvalue weighted by molar-refractivity contribution is -0.130. The van der Waals surface area contributed by atoms with Crippen molar-refractivity contribution < 1.29 is 24.2 Å². The molecule has 2 fully saturated rings. The van der Waals surface area contributed by atoms with Crippen LogP contribution in [0, 0.1) is 0 Å². The van der Waals surface area contributed by atoms with Crippen LogP contribution in [-0.2, 0) is 4.79 Å². The summed E-state index contributed by atoms with van der Waals surface area (Å²) in [5.41, 5.74) is 0.250. The van der Waals surface area contributed by atoms with Gasteiger partial charge in [0, 0.05) is 18.5 Å². The summed E-state index contributed by atoms with van der Waals surface area (Å²) in [5, 5.41) is 27.8. The van der Waals surface area contributed by atoms with Gasteiger partial charge in [-0.25, -0.2) is 0 Å². The first kappa shape index (κ1) is 23.2. The highest BCUT2D eigenvalue weighted by Crippen LogP contribution is 2.32. The predicted molar refractivity (Wildman–Crippen MR) is 132 cm³/mol. The van der Waals surface area contributed by atoms with Gasteiger partial charge in [-0.1, -0.05) is 49.6 Å². The number of phenols is 1. The SMILES string of the molecule is O=C(NC1(C(=O)NC2CCN(c3ccccc3O)CC2O)CCCCC1)c1cc2ccccc2o1. The Balaban J connectivity index is 1.28. The number of anilines is 1. The lowest BCUT2D eigenvalue weighted by Crippen LogP contribution is -2.64. The van der Waals surface area contributed by atoms with Crippen LogP contribution >= 0.6 is 0 Å². The number of rotatable bonds is 5. The number of carbonyl (C=O) groups excluding carboxylic acids is 2. The van der Waals surface area contributed by atoms with Crippen LogP contribution in [0.4, 0.5) is 5.69 Å². The number of phenolic OH excluding ortho intramolecular Hbond substituents is 1. The molecule has 184 valence electrons. The second-order valence-corrected chi connectivity index (χ2v) is 9.62. The summed E-state index contributed by atoms with van der Waals surface area (Å²) in [7, 11) is 0. The molecule has 2 aliphatic rings. The molecule has 0 radical (unpaired) electrons. The minimum absolute atomic E-state index is 0.164. The van der Waals surface area contributed by atoms with Crippen LogP contribution in [0.25, 0.3) is 11.0 Å². The van der Waals surface area contributed by atoms with Gasteiger partial charge in [-0.2, -0.15) is 0 Å². The summed E-state index contributed by atoms with van der Waals surface area (Å²) in [6.45, 7) is 0.874. The summed E-state index contributed by atoms with van der Waals surface area (Å²) >= 11 is 0. The number of carbonyl (C=O) groups is 2. The third-order valence-corrected chi connectivity index (χ3v) is 7.26. The normalized spacial score (nSPS) is 22.0. The Morgan fingerprint density at radius 3 is 2.51 bits per heavy atom. The quantitative estimate of drug-likeness (QED) is 0.448. The zero-order chi connectivity index (χ0) is 24.4. The number of aliphatic hydroxyl groups is 1. The van der Waals surface area contributed by atoms with Gasteiger partial charge in [-0.3, -0.25) is 9.59 Å². The number of amides is 2. The van der Waals surface area contributed by atoms with E-state index in [9.17, 15) is 19.8 Å². The molecule has 2 heterocycles. The number of para-hydroxylation sites is 3. The molecule has 2 unspecified atom stereocenters. The molecule has 2 amide bonds. The van der Waals surface area contributed by atoms with E-state index in [1.807, 2.05) is 35.2 Å². The minimum Gasteiger partial charge on any atom is -0.506 e. The highest BCUT2D eigenvalue weighted by Gasteiger charge is 2.43. The Morgan fingerprint density at radius 1 is 1.03 bits per heavy atom. The summed E-state index contributed by atoms with van der Waals surface area (Å²) in [4.78, 5) is 28.6. The molecule has 8 nitrogen and oxygen atoms in total. The van der Waals surface area contributed by atoms with E-state index in [2.05, 4.69) is 10.6 Å². The van der Waals surface area contributed by atoms with Crippen molar-refractivity contribution in [2.24, 2.45) is 0 Å². The van der Waals surface area contributed by atoms with Gasteiger partial charge in [0.2, 0.25) is 5.91 Å². The molecule has 3 aromatic rings. The molecule has 35 heavy (non-hydrogen) atoms. The molecule has 1 aliphatic heterocycles. The Kier molecular flexibility index (Phi) is 6.38. The number of nitrogens with one attached hydrogen (secondary N) is 2. The fourth-order valence-corrected chi connectivity index (χ4v) is 5.29. The number of hydrogen-bond acceptors (Lipinski definition) is 6. The second-order valence-electron chi connectivity index (χ2n) is 9.62. The average molecular weight is 478 g/mol. The molecule has 0 bridgehead atoms. The van der Waals surface area contributed by atoms with E-state index in [1.54, 1.807) is 24.3 Å². The number of piperidine rings is 1. The topological polar surface area (TPSA) is 115 Å². The molecule has 1 saturated heterocycles. The predicted octanol–water partition coefficient (Wildman–Crippen LogP) is 3.33. The van der Waals surface area contributed by atoms with E-state index < -0.39 is 23.6 Å². The number of aliphatic hydroxyl groups excluding tert-OH is 1. The zero-order valence-electron chi connectivity index (χ0n) is 19.6. The van der Waals surface area contributed by atoms with Crippen molar-refractivity contribution in [1.82, 2.24) is 10.6 Å². The van der Waals surface area contributed by atoms with Crippen molar-refractivity contribution in [3.05, 3.63) is 60.4 Å². The van der Waals surface area contributed by atoms with E-state index in [0.29, 0.717) is 43.6 Å². The lowest BCUT2D eigenvalue weighted by Gasteiger charge is -2.41. The van der Waals surface area contributed by atoms with E-state index in [0.717, 1.165) is 24.6 Å². The Bertz CT molecular complexity index is 1180. The molecular weight excluding hydrogens is 446 g/mol. The van der Waals surface area contributed by atoms with Gasteiger partial charge in [0.1, 0.15) is 16.9 Å². The molecule has 1 aromatic heterocycles. The number of nitrogens with zero attached hydrogens (tertiary/aromatic N) is 1. The number of aromatic hydroxyl groups is 1. The molecule has 1 saturated carbocycles. The summed E-state index contributed by atoms with van der Waals surface area (Å²) in [5.74, 6) is -0.327. The third-order valence-electron chi connectivity index (χ3n) is 7.26. The van der Waals surface area contributed by atoms with Crippen molar-refractivity contribution >= 4 is 28.5 Å². The van der Waals surface area contributed by atoms with Crippen molar-refractivity contribution in [2.45, 2.75) is 56.2 Å². The standard InChI is InChI=1S/C27H31N3O5/c31-21-10-4-3-9-20(21)30-15-12-19(22(32)17-30)28-26(34)27(13-6-1-7-14-27)29-25(33)24-16-18-8-2-5-11-23(18)35-24/h2-5,8-11,16,19,22,31-32H,1,6-7,12-15,17H2,(H,28,34)(H,29,33). The van der Waals surface area contributed by atoms with Crippen molar-refractivity contribution in [3.63, 3.8) is 0 Å². The van der Waals surface area contributed by atoms with E-state index in [4.69, 9.17) is 4.42 Å². The minimum atomic E-state index is -1.04. The van der Waals surface area contributed by atoms with Crippen LogP contribution in [-0.4, -0.2) is 52.8 Å². The van der Waals surface area contributed by atoms with Crippen LogP contribution in [0.2, 0.25) is 0 Å². The summed E-state index contributed by atoms with van der Waals surface area (Å²) < 4.78 is 5.72. The second kappa shape index (κ2) is 9.62. The number of furan rings is 1. The monoisotopic (exact) mass is 477 g/mol. The van der Waals surface area contributed by atoms with Gasteiger partial charge >= 0.3 is 0 Å². The molecular formula is C27H31N3O5. The Morgan fingerprint density at radius 2 is 1.77 bits per heavy atom. The molecule has 4 N–H and O–H groups in total. The maximum Gasteiger partial charge on any atom is 0.287 e. The van der Waals surface area contributed by atoms with Gasteiger partial charge in [0.15, 0.2) is 5.76 Å². The van der Waals surface area contributed by atoms with Crippen LogP contribution in [0.5, 0.6) is 5.75 Å². The van der Waals surface area contributed by atoms with Crippen molar-refractivity contribution in [1.29, 1.82) is 0 Å². The first-order valence-electron chi connectivity index (χ1n) is 12.3. The molecule has 1 aliphatic carbocycles. The summed E-state index contributed by atoms with van der Waals surface area (Å²) in [6, 6.07) is 15.7. The first-order chi connectivity index (χ1) is 16.9. The number of β-amino-alcohol motifs (C(OH)–C–C–N with tert-alkyl or cyclic N) is 1. The molecule has 2 aromatic carbocycles. The van der Waals surface area contributed by atoms with Crippen molar-refractivity contribution in [2.75, 3.05) is 18.0 Å². The maximum absolute atomic E-state index is 13.6. The van der Waals surface area contributed by atoms with E-state index >= 15 is 0 Å².